The van der Waals surface area contributed by atoms with E-state index in [-0.39, 0.29) is 5.97 Å². The van der Waals surface area contributed by atoms with E-state index in [0.29, 0.717) is 25.0 Å². The van der Waals surface area contributed by atoms with Gasteiger partial charge in [0.1, 0.15) is 6.29 Å². The Morgan fingerprint density at radius 1 is 1.47 bits per heavy atom. The minimum absolute atomic E-state index is 0.301. The normalized spacial score (nSPS) is 10.0. The number of hydrogen-bond acceptors (Lipinski definition) is 4. The molecule has 0 spiro atoms. The molecule has 1 aromatic rings. The van der Waals surface area contributed by atoms with E-state index in [1.807, 2.05) is 18.4 Å². The maximum Gasteiger partial charge on any atom is 0.339 e. The molecule has 0 atom stereocenters. The fourth-order valence-electron chi connectivity index (χ4n) is 1.61. The van der Waals surface area contributed by atoms with Crippen LogP contribution in [0.4, 0.5) is 0 Å². The number of aryl methyl sites for hydroxylation is 1. The second-order valence-corrected chi connectivity index (χ2v) is 4.24. The number of esters is 1. The van der Waals surface area contributed by atoms with Gasteiger partial charge in [0.15, 0.2) is 0 Å². The lowest BCUT2D eigenvalue weighted by atomic mass is 10.1. The average molecular weight is 252 g/mol. The highest BCUT2D eigenvalue weighted by molar-refractivity contribution is 7.98. The van der Waals surface area contributed by atoms with E-state index in [9.17, 15) is 9.59 Å². The summed E-state index contributed by atoms with van der Waals surface area (Å²) in [4.78, 5) is 23.1. The minimum atomic E-state index is -0.301. The Labute approximate surface area is 106 Å². The van der Waals surface area contributed by atoms with Gasteiger partial charge in [0.25, 0.3) is 0 Å². The van der Waals surface area contributed by atoms with Crippen molar-refractivity contribution in [1.29, 1.82) is 0 Å². The molecule has 1 rings (SSSR count). The zero-order chi connectivity index (χ0) is 12.7. The van der Waals surface area contributed by atoms with Gasteiger partial charge in [-0.2, -0.15) is 0 Å². The van der Waals surface area contributed by atoms with Gasteiger partial charge >= 0.3 is 5.97 Å². The zero-order valence-corrected chi connectivity index (χ0v) is 10.9. The number of hydrogen-bond donors (Lipinski definition) is 0. The van der Waals surface area contributed by atoms with Crippen LogP contribution in [0.2, 0.25) is 0 Å². The summed E-state index contributed by atoms with van der Waals surface area (Å²) in [6.45, 7) is 2.15. The lowest BCUT2D eigenvalue weighted by Gasteiger charge is -2.11. The first-order valence-electron chi connectivity index (χ1n) is 5.51. The molecule has 0 aromatic heterocycles. The number of carbonyl (C=O) groups is 2. The number of aldehydes is 1. The van der Waals surface area contributed by atoms with Gasteiger partial charge in [-0.15, -0.1) is 11.8 Å². The van der Waals surface area contributed by atoms with Crippen LogP contribution in [0.1, 0.15) is 29.3 Å². The van der Waals surface area contributed by atoms with Gasteiger partial charge in [0, 0.05) is 11.3 Å². The molecule has 0 radical (unpaired) electrons. The third-order valence-electron chi connectivity index (χ3n) is 2.33. The van der Waals surface area contributed by atoms with E-state index in [4.69, 9.17) is 4.74 Å². The molecule has 0 aliphatic carbocycles. The predicted molar refractivity (Wildman–Crippen MR) is 68.6 cm³/mol. The van der Waals surface area contributed by atoms with E-state index in [0.717, 1.165) is 16.7 Å². The molecule has 0 unspecified atom stereocenters. The predicted octanol–water partition coefficient (Wildman–Crippen LogP) is 2.72. The number of benzene rings is 1. The van der Waals surface area contributed by atoms with Crippen LogP contribution >= 0.6 is 11.8 Å². The van der Waals surface area contributed by atoms with Crippen LogP contribution < -0.4 is 0 Å². The molecule has 0 aliphatic heterocycles. The van der Waals surface area contributed by atoms with Crippen molar-refractivity contribution in [1.82, 2.24) is 0 Å². The van der Waals surface area contributed by atoms with E-state index >= 15 is 0 Å². The van der Waals surface area contributed by atoms with Crippen LogP contribution in [-0.2, 0) is 16.0 Å². The molecule has 3 nitrogen and oxygen atoms in total. The summed E-state index contributed by atoms with van der Waals surface area (Å²) in [6, 6.07) is 5.53. The Kier molecular flexibility index (Phi) is 5.77. The Balaban J connectivity index is 3.04. The van der Waals surface area contributed by atoms with E-state index in [1.54, 1.807) is 13.0 Å². The van der Waals surface area contributed by atoms with Crippen LogP contribution in [0, 0.1) is 0 Å². The van der Waals surface area contributed by atoms with Crippen molar-refractivity contribution >= 4 is 24.0 Å². The molecule has 1 aromatic carbocycles. The molecule has 0 saturated heterocycles. The Morgan fingerprint density at radius 3 is 2.82 bits per heavy atom. The molecule has 0 fully saturated rings. The Hall–Kier alpha value is -1.29. The number of rotatable bonds is 6. The van der Waals surface area contributed by atoms with Gasteiger partial charge in [-0.3, -0.25) is 0 Å². The third-order valence-corrected chi connectivity index (χ3v) is 3.22. The SMILES string of the molecule is CCOC(=O)c1cccc(CCC=O)c1SC. The number of thioether (sulfide) groups is 1. The maximum absolute atomic E-state index is 11.7. The van der Waals surface area contributed by atoms with Gasteiger partial charge in [0.05, 0.1) is 12.2 Å². The van der Waals surface area contributed by atoms with E-state index in [2.05, 4.69) is 0 Å². The summed E-state index contributed by atoms with van der Waals surface area (Å²) in [5.74, 6) is -0.301. The smallest absolute Gasteiger partial charge is 0.339 e. The highest BCUT2D eigenvalue weighted by atomic mass is 32.2. The van der Waals surface area contributed by atoms with Crippen LogP contribution in [-0.4, -0.2) is 25.1 Å². The number of carbonyl (C=O) groups excluding carboxylic acids is 2. The molecule has 17 heavy (non-hydrogen) atoms. The standard InChI is InChI=1S/C13H16O3S/c1-3-16-13(15)11-8-4-6-10(7-5-9-14)12(11)17-2/h4,6,8-9H,3,5,7H2,1-2H3. The van der Waals surface area contributed by atoms with Gasteiger partial charge in [-0.1, -0.05) is 12.1 Å². The van der Waals surface area contributed by atoms with Crippen molar-refractivity contribution in [2.75, 3.05) is 12.9 Å². The molecule has 4 heteroatoms. The van der Waals surface area contributed by atoms with Crippen molar-refractivity contribution < 1.29 is 14.3 Å². The summed E-state index contributed by atoms with van der Waals surface area (Å²) in [5.41, 5.74) is 1.61. The second-order valence-electron chi connectivity index (χ2n) is 3.42. The highest BCUT2D eigenvalue weighted by Crippen LogP contribution is 2.26. The third kappa shape index (κ3) is 3.60. The first-order valence-corrected chi connectivity index (χ1v) is 6.73. The zero-order valence-electron chi connectivity index (χ0n) is 10.1. The maximum atomic E-state index is 11.7. The van der Waals surface area contributed by atoms with Crippen molar-refractivity contribution in [2.45, 2.75) is 24.7 Å². The molecule has 0 saturated carbocycles. The van der Waals surface area contributed by atoms with Gasteiger partial charge in [-0.05, 0) is 31.2 Å². The first kappa shape index (κ1) is 13.8. The van der Waals surface area contributed by atoms with Crippen LogP contribution in [0.5, 0.6) is 0 Å². The van der Waals surface area contributed by atoms with Crippen molar-refractivity contribution in [3.63, 3.8) is 0 Å². The van der Waals surface area contributed by atoms with Gasteiger partial charge < -0.3 is 9.53 Å². The lowest BCUT2D eigenvalue weighted by molar-refractivity contribution is -0.107. The Morgan fingerprint density at radius 2 is 2.24 bits per heavy atom. The average Bonchev–Trinajstić information content (AvgIpc) is 2.36. The van der Waals surface area contributed by atoms with Gasteiger partial charge in [0.2, 0.25) is 0 Å². The summed E-state index contributed by atoms with van der Waals surface area (Å²) in [5, 5.41) is 0. The van der Waals surface area contributed by atoms with Crippen molar-refractivity contribution in [3.05, 3.63) is 29.3 Å². The molecule has 0 heterocycles. The number of ether oxygens (including phenoxy) is 1. The molecule has 0 N–H and O–H groups in total. The molecule has 0 amide bonds. The summed E-state index contributed by atoms with van der Waals surface area (Å²) < 4.78 is 5.01. The van der Waals surface area contributed by atoms with Crippen molar-refractivity contribution in [3.8, 4) is 0 Å². The molecule has 0 aliphatic rings. The van der Waals surface area contributed by atoms with Crippen LogP contribution in [0.3, 0.4) is 0 Å². The molecule has 92 valence electrons. The van der Waals surface area contributed by atoms with E-state index < -0.39 is 0 Å². The fourth-order valence-corrected chi connectivity index (χ4v) is 2.41. The lowest BCUT2D eigenvalue weighted by Crippen LogP contribution is -2.07. The summed E-state index contributed by atoms with van der Waals surface area (Å²) in [7, 11) is 0. The topological polar surface area (TPSA) is 43.4 Å². The Bertz CT molecular complexity index is 402. The molecular weight excluding hydrogens is 236 g/mol. The largest absolute Gasteiger partial charge is 0.462 e. The van der Waals surface area contributed by atoms with Crippen molar-refractivity contribution in [2.24, 2.45) is 0 Å². The van der Waals surface area contributed by atoms with Crippen LogP contribution in [0.15, 0.2) is 23.1 Å². The second kappa shape index (κ2) is 7.12. The highest BCUT2D eigenvalue weighted by Gasteiger charge is 2.14. The van der Waals surface area contributed by atoms with Crippen LogP contribution in [0.25, 0.3) is 0 Å². The molecule has 0 bridgehead atoms. The fraction of sp³-hybridized carbons (Fsp3) is 0.385. The van der Waals surface area contributed by atoms with E-state index in [1.165, 1.54) is 11.8 Å². The first-order chi connectivity index (χ1) is 8.24. The summed E-state index contributed by atoms with van der Waals surface area (Å²) >= 11 is 1.51. The summed E-state index contributed by atoms with van der Waals surface area (Å²) in [6.07, 6.45) is 3.94. The minimum Gasteiger partial charge on any atom is -0.462 e. The van der Waals surface area contributed by atoms with Gasteiger partial charge in [-0.25, -0.2) is 4.79 Å². The quantitative estimate of drug-likeness (QED) is 0.443. The molecular formula is C13H16O3S. The monoisotopic (exact) mass is 252 g/mol.